The maximum atomic E-state index is 12.9. The van der Waals surface area contributed by atoms with Gasteiger partial charge in [-0.3, -0.25) is 0 Å². The molecule has 2 rings (SSSR count). The molecule has 0 amide bonds. The number of aromatic hydroxyl groups is 1. The maximum absolute atomic E-state index is 12.9. The standard InChI is InChI=1S/C13H9FO3/c14-9-4-3-5-10(8-9)17-13(16)11-6-1-2-7-12(11)15/h1-8,15H. The van der Waals surface area contributed by atoms with Crippen LogP contribution in [0.4, 0.5) is 4.39 Å². The second-order valence-corrected chi connectivity index (χ2v) is 3.36. The van der Waals surface area contributed by atoms with Gasteiger partial charge in [0.05, 0.1) is 0 Å². The summed E-state index contributed by atoms with van der Waals surface area (Å²) in [5.74, 6) is -1.30. The van der Waals surface area contributed by atoms with Gasteiger partial charge in [0.1, 0.15) is 22.9 Å². The van der Waals surface area contributed by atoms with Gasteiger partial charge in [-0.25, -0.2) is 9.18 Å². The lowest BCUT2D eigenvalue weighted by Crippen LogP contribution is -2.08. The smallest absolute Gasteiger partial charge is 0.347 e. The molecular weight excluding hydrogens is 223 g/mol. The van der Waals surface area contributed by atoms with E-state index in [1.165, 1.54) is 30.3 Å². The normalized spacial score (nSPS) is 9.94. The third kappa shape index (κ3) is 2.60. The molecule has 0 fully saturated rings. The summed E-state index contributed by atoms with van der Waals surface area (Å²) in [4.78, 5) is 11.6. The Kier molecular flexibility index (Phi) is 3.05. The van der Waals surface area contributed by atoms with E-state index in [2.05, 4.69) is 0 Å². The van der Waals surface area contributed by atoms with Crippen LogP contribution in [0.25, 0.3) is 0 Å². The number of hydrogen-bond donors (Lipinski definition) is 1. The maximum Gasteiger partial charge on any atom is 0.347 e. The van der Waals surface area contributed by atoms with Gasteiger partial charge in [0, 0.05) is 6.07 Å². The van der Waals surface area contributed by atoms with E-state index in [0.717, 1.165) is 6.07 Å². The highest BCUT2D eigenvalue weighted by Gasteiger charge is 2.12. The summed E-state index contributed by atoms with van der Waals surface area (Å²) in [5, 5.41) is 9.44. The topological polar surface area (TPSA) is 46.5 Å². The second kappa shape index (κ2) is 4.65. The molecule has 0 aliphatic heterocycles. The van der Waals surface area contributed by atoms with Crippen LogP contribution in [-0.4, -0.2) is 11.1 Å². The molecule has 0 atom stereocenters. The molecule has 0 aliphatic rings. The fraction of sp³-hybridized carbons (Fsp3) is 0. The minimum absolute atomic E-state index is 0.0387. The van der Waals surface area contributed by atoms with Crippen molar-refractivity contribution in [3.8, 4) is 11.5 Å². The van der Waals surface area contributed by atoms with Gasteiger partial charge in [-0.15, -0.1) is 0 Å². The highest BCUT2D eigenvalue weighted by atomic mass is 19.1. The van der Waals surface area contributed by atoms with Gasteiger partial charge < -0.3 is 9.84 Å². The van der Waals surface area contributed by atoms with Gasteiger partial charge in [-0.05, 0) is 24.3 Å². The van der Waals surface area contributed by atoms with Crippen LogP contribution in [-0.2, 0) is 0 Å². The molecule has 0 saturated heterocycles. The SMILES string of the molecule is O=C(Oc1cccc(F)c1)c1ccccc1O. The van der Waals surface area contributed by atoms with Crippen LogP contribution in [0.1, 0.15) is 10.4 Å². The molecule has 0 aromatic heterocycles. The van der Waals surface area contributed by atoms with E-state index in [9.17, 15) is 14.3 Å². The Morgan fingerprint density at radius 2 is 1.88 bits per heavy atom. The minimum atomic E-state index is -0.728. The lowest BCUT2D eigenvalue weighted by molar-refractivity contribution is 0.0731. The molecule has 4 heteroatoms. The largest absolute Gasteiger partial charge is 0.507 e. The van der Waals surface area contributed by atoms with Crippen LogP contribution < -0.4 is 4.74 Å². The van der Waals surface area contributed by atoms with E-state index in [4.69, 9.17) is 4.74 Å². The Morgan fingerprint density at radius 1 is 1.12 bits per heavy atom. The fourth-order valence-electron chi connectivity index (χ4n) is 1.34. The van der Waals surface area contributed by atoms with Gasteiger partial charge in [-0.1, -0.05) is 18.2 Å². The molecule has 0 bridgehead atoms. The van der Waals surface area contributed by atoms with Crippen molar-refractivity contribution in [3.05, 3.63) is 59.9 Å². The first-order valence-electron chi connectivity index (χ1n) is 4.92. The van der Waals surface area contributed by atoms with Crippen LogP contribution in [0, 0.1) is 5.82 Å². The first kappa shape index (κ1) is 11.1. The summed E-state index contributed by atoms with van der Waals surface area (Å²) in [5.41, 5.74) is 0.0387. The Labute approximate surface area is 97.1 Å². The number of benzene rings is 2. The van der Waals surface area contributed by atoms with E-state index >= 15 is 0 Å². The average Bonchev–Trinajstić information content (AvgIpc) is 2.29. The molecule has 0 aliphatic carbocycles. The second-order valence-electron chi connectivity index (χ2n) is 3.36. The van der Waals surface area contributed by atoms with Crippen molar-refractivity contribution in [2.24, 2.45) is 0 Å². The Hall–Kier alpha value is -2.36. The van der Waals surface area contributed by atoms with E-state index < -0.39 is 11.8 Å². The number of ether oxygens (including phenoxy) is 1. The fourth-order valence-corrected chi connectivity index (χ4v) is 1.34. The molecule has 0 radical (unpaired) electrons. The van der Waals surface area contributed by atoms with Crippen LogP contribution in [0.15, 0.2) is 48.5 Å². The molecule has 17 heavy (non-hydrogen) atoms. The van der Waals surface area contributed by atoms with Gasteiger partial charge in [0.25, 0.3) is 0 Å². The quantitative estimate of drug-likeness (QED) is 0.639. The molecule has 86 valence electrons. The number of esters is 1. The number of rotatable bonds is 2. The summed E-state index contributed by atoms with van der Waals surface area (Å²) in [6.07, 6.45) is 0. The Balaban J connectivity index is 2.20. The number of phenols is 1. The van der Waals surface area contributed by atoms with Crippen LogP contribution in [0.3, 0.4) is 0 Å². The summed E-state index contributed by atoms with van der Waals surface area (Å²) in [7, 11) is 0. The summed E-state index contributed by atoms with van der Waals surface area (Å²) >= 11 is 0. The molecule has 0 unspecified atom stereocenters. The van der Waals surface area contributed by atoms with E-state index in [0.29, 0.717) is 0 Å². The van der Waals surface area contributed by atoms with Crippen LogP contribution in [0.5, 0.6) is 11.5 Å². The molecule has 0 saturated carbocycles. The van der Waals surface area contributed by atoms with Gasteiger partial charge in [0.15, 0.2) is 0 Å². The lowest BCUT2D eigenvalue weighted by Gasteiger charge is -2.05. The highest BCUT2D eigenvalue weighted by molar-refractivity contribution is 5.93. The predicted molar refractivity (Wildman–Crippen MR) is 59.5 cm³/mol. The van der Waals surface area contributed by atoms with E-state index in [-0.39, 0.29) is 17.1 Å². The summed E-state index contributed by atoms with van der Waals surface area (Å²) in [6, 6.07) is 11.2. The number of halogens is 1. The number of hydrogen-bond acceptors (Lipinski definition) is 3. The van der Waals surface area contributed by atoms with Crippen molar-refractivity contribution in [1.82, 2.24) is 0 Å². The van der Waals surface area contributed by atoms with Crippen molar-refractivity contribution < 1.29 is 19.0 Å². The molecule has 1 N–H and O–H groups in total. The lowest BCUT2D eigenvalue weighted by atomic mass is 10.2. The van der Waals surface area contributed by atoms with Crippen LogP contribution in [0.2, 0.25) is 0 Å². The summed E-state index contributed by atoms with van der Waals surface area (Å²) < 4.78 is 17.8. The average molecular weight is 232 g/mol. The zero-order valence-corrected chi connectivity index (χ0v) is 8.76. The van der Waals surface area contributed by atoms with E-state index in [1.54, 1.807) is 12.1 Å². The van der Waals surface area contributed by atoms with Crippen molar-refractivity contribution in [1.29, 1.82) is 0 Å². The number of carbonyl (C=O) groups is 1. The Morgan fingerprint density at radius 3 is 2.59 bits per heavy atom. The monoisotopic (exact) mass is 232 g/mol. The minimum Gasteiger partial charge on any atom is -0.507 e. The van der Waals surface area contributed by atoms with Crippen molar-refractivity contribution in [2.45, 2.75) is 0 Å². The highest BCUT2D eigenvalue weighted by Crippen LogP contribution is 2.19. The van der Waals surface area contributed by atoms with E-state index in [1.807, 2.05) is 0 Å². The van der Waals surface area contributed by atoms with Gasteiger partial charge in [-0.2, -0.15) is 0 Å². The first-order valence-corrected chi connectivity index (χ1v) is 4.92. The van der Waals surface area contributed by atoms with Gasteiger partial charge in [0.2, 0.25) is 0 Å². The predicted octanol–water partition coefficient (Wildman–Crippen LogP) is 2.75. The molecular formula is C13H9FO3. The number of carbonyl (C=O) groups excluding carboxylic acids is 1. The zero-order chi connectivity index (χ0) is 12.3. The molecule has 0 spiro atoms. The van der Waals surface area contributed by atoms with Crippen LogP contribution >= 0.6 is 0 Å². The molecule has 2 aromatic rings. The number of phenolic OH excluding ortho intramolecular Hbond substituents is 1. The third-order valence-electron chi connectivity index (χ3n) is 2.13. The molecule has 2 aromatic carbocycles. The Bertz CT molecular complexity index is 552. The first-order chi connectivity index (χ1) is 8.16. The van der Waals surface area contributed by atoms with Gasteiger partial charge >= 0.3 is 5.97 Å². The van der Waals surface area contributed by atoms with Crippen molar-refractivity contribution >= 4 is 5.97 Å². The third-order valence-corrected chi connectivity index (χ3v) is 2.13. The molecule has 0 heterocycles. The van der Waals surface area contributed by atoms with Crippen molar-refractivity contribution in [2.75, 3.05) is 0 Å². The summed E-state index contributed by atoms with van der Waals surface area (Å²) in [6.45, 7) is 0. The molecule has 3 nitrogen and oxygen atoms in total. The zero-order valence-electron chi connectivity index (χ0n) is 8.76. The number of para-hydroxylation sites is 1. The van der Waals surface area contributed by atoms with Crippen molar-refractivity contribution in [3.63, 3.8) is 0 Å².